The quantitative estimate of drug-likeness (QED) is 0.526. The van der Waals surface area contributed by atoms with E-state index >= 15 is 0 Å². The molecule has 0 amide bonds. The van der Waals surface area contributed by atoms with Crippen LogP contribution in [0.3, 0.4) is 0 Å². The molecule has 0 saturated heterocycles. The monoisotopic (exact) mass is 302 g/mol. The van der Waals surface area contributed by atoms with Gasteiger partial charge in [0.1, 0.15) is 0 Å². The molecule has 0 aromatic heterocycles. The Morgan fingerprint density at radius 2 is 1.00 bits per heavy atom. The fraction of sp³-hybridized carbons (Fsp3) is 0.500. The Hall–Kier alpha value is 1.77. The van der Waals surface area contributed by atoms with Crippen molar-refractivity contribution in [2.24, 2.45) is 0 Å². The van der Waals surface area contributed by atoms with Gasteiger partial charge in [-0.3, -0.25) is 9.59 Å². The summed E-state index contributed by atoms with van der Waals surface area (Å²) in [4.78, 5) is 18.0. The van der Waals surface area contributed by atoms with Crippen molar-refractivity contribution < 1.29 is 19.8 Å². The SMILES string of the molecule is CC(=O)O.CC(=O)O.[BaH2].[CaH2]. The van der Waals surface area contributed by atoms with Crippen LogP contribution in [0.15, 0.2) is 0 Å². The maximum absolute atomic E-state index is 9.00. The van der Waals surface area contributed by atoms with Crippen LogP contribution < -0.4 is 0 Å². The minimum absolute atomic E-state index is 0. The molecule has 0 atom stereocenters. The van der Waals surface area contributed by atoms with Gasteiger partial charge in [-0.05, 0) is 0 Å². The van der Waals surface area contributed by atoms with E-state index in [0.29, 0.717) is 0 Å². The Kier molecular flexibility index (Phi) is 38.5. The predicted octanol–water partition coefficient (Wildman–Crippen LogP) is -1.65. The summed E-state index contributed by atoms with van der Waals surface area (Å²) in [6.07, 6.45) is 0. The van der Waals surface area contributed by atoms with E-state index in [1.54, 1.807) is 0 Å². The standard InChI is InChI=1S/2C2H4O2.Ba.Ca.4H/c2*1-2(3)4;;;;;;/h2*1H3,(H,3,4);;;;;;. The van der Waals surface area contributed by atoms with E-state index in [0.717, 1.165) is 13.8 Å². The first-order valence-corrected chi connectivity index (χ1v) is 1.86. The Labute approximate surface area is 129 Å². The zero-order valence-electron chi connectivity index (χ0n) is 4.71. The molecule has 0 heterocycles. The summed E-state index contributed by atoms with van der Waals surface area (Å²) in [6, 6.07) is 0. The van der Waals surface area contributed by atoms with Crippen molar-refractivity contribution in [1.82, 2.24) is 0 Å². The molecule has 56 valence electrons. The average Bonchev–Trinajstić information content (AvgIpc) is 1.25. The summed E-state index contributed by atoms with van der Waals surface area (Å²) in [5, 5.41) is 14.8. The Balaban J connectivity index is -0.0000000300. The van der Waals surface area contributed by atoms with Crippen molar-refractivity contribution in [3.05, 3.63) is 0 Å². The molecule has 0 fully saturated rings. The van der Waals surface area contributed by atoms with Crippen LogP contribution in [0.2, 0.25) is 0 Å². The molecular weight excluding hydrogens is 289 g/mol. The Bertz CT molecular complexity index is 75.3. The second-order valence-electron chi connectivity index (χ2n) is 1.04. The van der Waals surface area contributed by atoms with E-state index in [-0.39, 0.29) is 86.6 Å². The third kappa shape index (κ3) is 240. The number of hydrogen-bond acceptors (Lipinski definition) is 2. The molecule has 2 N–H and O–H groups in total. The molecule has 0 rings (SSSR count). The van der Waals surface area contributed by atoms with E-state index in [9.17, 15) is 0 Å². The summed E-state index contributed by atoms with van der Waals surface area (Å²) in [5.74, 6) is -1.67. The first kappa shape index (κ1) is 22.6. The summed E-state index contributed by atoms with van der Waals surface area (Å²) in [5.41, 5.74) is 0. The van der Waals surface area contributed by atoms with Crippen molar-refractivity contribution in [2.45, 2.75) is 13.8 Å². The van der Waals surface area contributed by atoms with Crippen LogP contribution in [0.1, 0.15) is 13.8 Å². The third-order valence-corrected chi connectivity index (χ3v) is 0. The molecule has 6 heteroatoms. The topological polar surface area (TPSA) is 74.6 Å². The van der Waals surface area contributed by atoms with Crippen LogP contribution in [-0.4, -0.2) is 109 Å². The van der Waals surface area contributed by atoms with Gasteiger partial charge in [0.15, 0.2) is 0 Å². The molecule has 0 bridgehead atoms. The van der Waals surface area contributed by atoms with E-state index in [1.807, 2.05) is 0 Å². The van der Waals surface area contributed by atoms with Crippen LogP contribution >= 0.6 is 0 Å². The van der Waals surface area contributed by atoms with Crippen molar-refractivity contribution in [2.75, 3.05) is 0 Å². The predicted molar refractivity (Wildman–Crippen MR) is 43.7 cm³/mol. The molecule has 4 nitrogen and oxygen atoms in total. The van der Waals surface area contributed by atoms with Crippen LogP contribution in [0.5, 0.6) is 0 Å². The van der Waals surface area contributed by atoms with Gasteiger partial charge in [-0.15, -0.1) is 0 Å². The maximum atomic E-state index is 9.00. The zero-order chi connectivity index (χ0) is 7.15. The number of carboxylic acids is 2. The molecule has 0 aromatic rings. The van der Waals surface area contributed by atoms with E-state index in [4.69, 9.17) is 19.8 Å². The number of rotatable bonds is 0. The first-order chi connectivity index (χ1) is 3.46. The molecule has 0 unspecified atom stereocenters. The second-order valence-corrected chi connectivity index (χ2v) is 1.04. The zero-order valence-corrected chi connectivity index (χ0v) is 4.71. The third-order valence-electron chi connectivity index (χ3n) is 0. The summed E-state index contributed by atoms with van der Waals surface area (Å²) in [7, 11) is 0. The molecule has 0 radical (unpaired) electrons. The van der Waals surface area contributed by atoms with Crippen LogP contribution in [0, 0.1) is 0 Å². The van der Waals surface area contributed by atoms with Crippen LogP contribution in [0.25, 0.3) is 0 Å². The van der Waals surface area contributed by atoms with Gasteiger partial charge in [-0.2, -0.15) is 0 Å². The molecule has 0 aliphatic heterocycles. The van der Waals surface area contributed by atoms with Gasteiger partial charge >= 0.3 is 86.6 Å². The van der Waals surface area contributed by atoms with Gasteiger partial charge in [0, 0.05) is 13.8 Å². The molecule has 0 aliphatic carbocycles. The molecular formula is C4H12BaCaO4. The van der Waals surface area contributed by atoms with Crippen molar-refractivity contribution in [3.63, 3.8) is 0 Å². The van der Waals surface area contributed by atoms with Crippen molar-refractivity contribution >= 4 is 98.6 Å². The van der Waals surface area contributed by atoms with Crippen molar-refractivity contribution in [3.8, 4) is 0 Å². The summed E-state index contributed by atoms with van der Waals surface area (Å²) < 4.78 is 0. The molecule has 10 heavy (non-hydrogen) atoms. The van der Waals surface area contributed by atoms with Gasteiger partial charge in [0.2, 0.25) is 0 Å². The first-order valence-electron chi connectivity index (χ1n) is 1.86. The Morgan fingerprint density at radius 1 is 1.00 bits per heavy atom. The minimum atomic E-state index is -0.833. The average molecular weight is 302 g/mol. The van der Waals surface area contributed by atoms with Gasteiger partial charge in [0.05, 0.1) is 0 Å². The number of aliphatic carboxylic acids is 2. The van der Waals surface area contributed by atoms with Gasteiger partial charge in [0.25, 0.3) is 11.9 Å². The molecule has 0 aromatic carbocycles. The fourth-order valence-corrected chi connectivity index (χ4v) is 0. The van der Waals surface area contributed by atoms with Crippen LogP contribution in [-0.2, 0) is 9.59 Å². The molecule has 0 aliphatic rings. The van der Waals surface area contributed by atoms with E-state index in [2.05, 4.69) is 0 Å². The van der Waals surface area contributed by atoms with E-state index < -0.39 is 11.9 Å². The van der Waals surface area contributed by atoms with E-state index in [1.165, 1.54) is 0 Å². The molecule has 0 saturated carbocycles. The summed E-state index contributed by atoms with van der Waals surface area (Å²) >= 11 is 0. The number of hydrogen-bond donors (Lipinski definition) is 2. The van der Waals surface area contributed by atoms with Crippen LogP contribution in [0.4, 0.5) is 0 Å². The fourth-order valence-electron chi connectivity index (χ4n) is 0. The van der Waals surface area contributed by atoms with Crippen molar-refractivity contribution in [1.29, 1.82) is 0 Å². The normalized spacial score (nSPS) is 5.00. The Morgan fingerprint density at radius 3 is 1.00 bits per heavy atom. The van der Waals surface area contributed by atoms with Gasteiger partial charge in [-0.25, -0.2) is 0 Å². The van der Waals surface area contributed by atoms with Gasteiger partial charge < -0.3 is 10.2 Å². The number of carboxylic acid groups (broad SMARTS) is 2. The summed E-state index contributed by atoms with van der Waals surface area (Å²) in [6.45, 7) is 2.17. The van der Waals surface area contributed by atoms with Gasteiger partial charge in [-0.1, -0.05) is 0 Å². The number of carbonyl (C=O) groups is 2. The molecule has 0 spiro atoms. The second kappa shape index (κ2) is 17.0.